The number of hydrogen-bond acceptors (Lipinski definition) is 18. The Balaban J connectivity index is 1.50. The fourth-order valence-electron chi connectivity index (χ4n) is 10.4. The van der Waals surface area contributed by atoms with E-state index >= 15 is 0 Å². The van der Waals surface area contributed by atoms with E-state index in [1.165, 1.54) is 141 Å². The van der Waals surface area contributed by atoms with Crippen molar-refractivity contribution >= 4 is 5.91 Å². The van der Waals surface area contributed by atoms with Gasteiger partial charge >= 0.3 is 0 Å². The number of amides is 1. The second-order valence-electron chi connectivity index (χ2n) is 21.8. The lowest BCUT2D eigenvalue weighted by Gasteiger charge is -2.48. The Hall–Kier alpha value is -1.47. The van der Waals surface area contributed by atoms with Gasteiger partial charge in [0.15, 0.2) is 18.9 Å². The van der Waals surface area contributed by atoms with Gasteiger partial charge in [0.2, 0.25) is 5.91 Å². The molecule has 0 spiro atoms. The highest BCUT2D eigenvalue weighted by atomic mass is 16.8. The van der Waals surface area contributed by atoms with Crippen molar-refractivity contribution in [3.63, 3.8) is 0 Å². The maximum Gasteiger partial charge on any atom is 0.220 e. The van der Waals surface area contributed by atoms with Crippen molar-refractivity contribution in [3.8, 4) is 0 Å². The highest BCUT2D eigenvalue weighted by Gasteiger charge is 2.53. The number of carbonyl (C=O) groups is 1. The highest BCUT2D eigenvalue weighted by Crippen LogP contribution is 2.33. The smallest absolute Gasteiger partial charge is 0.220 e. The molecule has 0 aromatic rings. The zero-order valence-corrected chi connectivity index (χ0v) is 46.5. The molecule has 0 aliphatic carbocycles. The van der Waals surface area contributed by atoms with Gasteiger partial charge in [-0.2, -0.15) is 0 Å². The van der Waals surface area contributed by atoms with Crippen LogP contribution in [0.1, 0.15) is 213 Å². The Morgan fingerprint density at radius 1 is 0.461 bits per heavy atom. The average molecular weight is 1090 g/mol. The summed E-state index contributed by atoms with van der Waals surface area (Å²) >= 11 is 0. The first-order valence-corrected chi connectivity index (χ1v) is 29.9. The first-order valence-electron chi connectivity index (χ1n) is 29.9. The standard InChI is InChI=1S/C57H107NO18/c1-3-5-7-9-11-13-15-17-18-19-20-21-22-23-24-26-28-30-32-34-41(62)40(58-45(63)35-33-31-29-27-25-16-14-12-10-8-6-4-2)39-71-55-51(69)48(66)53(43(37-60)73-55)76-57-52(70)49(67)54(44(38-61)74-57)75-56-50(68)47(65)46(64)42(36-59)72-56/h32,34,40-44,46-57,59-62,64-70H,3-31,33,35-39H2,1-2H3,(H,58,63)/b34-32+. The van der Waals surface area contributed by atoms with Crippen LogP contribution in [0, 0.1) is 0 Å². The first-order chi connectivity index (χ1) is 36.8. The molecule has 17 unspecified atom stereocenters. The van der Waals surface area contributed by atoms with Gasteiger partial charge in [0.1, 0.15) is 73.2 Å². The van der Waals surface area contributed by atoms with Crippen LogP contribution in [-0.2, 0) is 33.2 Å². The molecule has 1 amide bonds. The molecule has 448 valence electrons. The lowest BCUT2D eigenvalue weighted by molar-refractivity contribution is -0.379. The van der Waals surface area contributed by atoms with E-state index in [2.05, 4.69) is 19.2 Å². The lowest BCUT2D eigenvalue weighted by Crippen LogP contribution is -2.66. The Labute approximate surface area is 455 Å². The molecule has 3 aliphatic heterocycles. The number of nitrogens with one attached hydrogen (secondary N) is 1. The van der Waals surface area contributed by atoms with Crippen molar-refractivity contribution in [2.45, 2.75) is 317 Å². The van der Waals surface area contributed by atoms with E-state index < -0.39 is 124 Å². The van der Waals surface area contributed by atoms with E-state index in [-0.39, 0.29) is 18.9 Å². The van der Waals surface area contributed by atoms with E-state index in [0.717, 1.165) is 44.9 Å². The summed E-state index contributed by atoms with van der Waals surface area (Å²) in [6.07, 6.45) is 13.4. The average Bonchev–Trinajstić information content (AvgIpc) is 3.42. The summed E-state index contributed by atoms with van der Waals surface area (Å²) in [7, 11) is 0. The molecule has 0 saturated carbocycles. The van der Waals surface area contributed by atoms with Gasteiger partial charge < -0.3 is 89.9 Å². The number of aliphatic hydroxyl groups excluding tert-OH is 11. The van der Waals surface area contributed by atoms with Crippen molar-refractivity contribution in [3.05, 3.63) is 12.2 Å². The predicted octanol–water partition coefficient (Wildman–Crippen LogP) is 4.99. The van der Waals surface area contributed by atoms with Crippen molar-refractivity contribution in [1.82, 2.24) is 5.32 Å². The Morgan fingerprint density at radius 2 is 0.816 bits per heavy atom. The van der Waals surface area contributed by atoms with E-state index in [9.17, 15) is 61.0 Å². The third kappa shape index (κ3) is 25.5. The molecule has 0 aromatic carbocycles. The summed E-state index contributed by atoms with van der Waals surface area (Å²) in [5, 5.41) is 120. The molecule has 76 heavy (non-hydrogen) atoms. The number of ether oxygens (including phenoxy) is 6. The SMILES string of the molecule is CCCCCCCCCCCCCCCCCCC/C=C/C(O)C(COC1OC(CO)C(OC2OC(CO)C(OC3OC(CO)C(O)C(O)C3O)C(O)C2O)C(O)C1O)NC(=O)CCCCCCCCCCCCCC. The second-order valence-corrected chi connectivity index (χ2v) is 21.8. The number of aliphatic hydroxyl groups is 11. The van der Waals surface area contributed by atoms with Crippen LogP contribution < -0.4 is 5.32 Å². The van der Waals surface area contributed by atoms with Gasteiger partial charge in [0.05, 0.1) is 38.6 Å². The van der Waals surface area contributed by atoms with Crippen LogP contribution in [0.5, 0.6) is 0 Å². The quantitative estimate of drug-likeness (QED) is 0.0283. The number of rotatable bonds is 44. The summed E-state index contributed by atoms with van der Waals surface area (Å²) in [6.45, 7) is 1.72. The number of hydrogen-bond donors (Lipinski definition) is 12. The molecule has 0 aromatic heterocycles. The van der Waals surface area contributed by atoms with Gasteiger partial charge in [-0.05, 0) is 19.3 Å². The van der Waals surface area contributed by atoms with Crippen LogP contribution >= 0.6 is 0 Å². The van der Waals surface area contributed by atoms with Gasteiger partial charge in [-0.25, -0.2) is 0 Å². The van der Waals surface area contributed by atoms with Crippen LogP contribution in [0.4, 0.5) is 0 Å². The molecule has 17 atom stereocenters. The summed E-state index contributed by atoms with van der Waals surface area (Å²) in [6, 6.07) is -0.966. The summed E-state index contributed by atoms with van der Waals surface area (Å²) in [5.74, 6) is -0.275. The molecular weight excluding hydrogens is 987 g/mol. The summed E-state index contributed by atoms with van der Waals surface area (Å²) in [4.78, 5) is 13.3. The van der Waals surface area contributed by atoms with Crippen LogP contribution in [-0.4, -0.2) is 193 Å². The van der Waals surface area contributed by atoms with Crippen LogP contribution in [0.2, 0.25) is 0 Å². The van der Waals surface area contributed by atoms with Gasteiger partial charge in [-0.1, -0.05) is 199 Å². The largest absolute Gasteiger partial charge is 0.394 e. The van der Waals surface area contributed by atoms with Crippen LogP contribution in [0.25, 0.3) is 0 Å². The van der Waals surface area contributed by atoms with E-state index in [1.54, 1.807) is 6.08 Å². The van der Waals surface area contributed by atoms with Crippen molar-refractivity contribution in [1.29, 1.82) is 0 Å². The predicted molar refractivity (Wildman–Crippen MR) is 287 cm³/mol. The third-order valence-corrected chi connectivity index (χ3v) is 15.3. The monoisotopic (exact) mass is 1090 g/mol. The van der Waals surface area contributed by atoms with Gasteiger partial charge in [-0.3, -0.25) is 4.79 Å². The highest BCUT2D eigenvalue weighted by molar-refractivity contribution is 5.76. The topological polar surface area (TPSA) is 307 Å². The first kappa shape index (κ1) is 68.8. The fraction of sp³-hybridized carbons (Fsp3) is 0.947. The molecule has 0 bridgehead atoms. The molecule has 3 saturated heterocycles. The lowest BCUT2D eigenvalue weighted by atomic mass is 9.96. The van der Waals surface area contributed by atoms with Crippen molar-refractivity contribution in [2.75, 3.05) is 26.4 Å². The number of unbranched alkanes of at least 4 members (excludes halogenated alkanes) is 28. The van der Waals surface area contributed by atoms with Crippen LogP contribution in [0.15, 0.2) is 12.2 Å². The Kier molecular flexibility index (Phi) is 37.6. The van der Waals surface area contributed by atoms with E-state index in [0.29, 0.717) is 6.42 Å². The molecule has 19 nitrogen and oxygen atoms in total. The molecule has 3 aliphatic rings. The third-order valence-electron chi connectivity index (χ3n) is 15.3. The van der Waals surface area contributed by atoms with Gasteiger partial charge in [0.25, 0.3) is 0 Å². The Bertz CT molecular complexity index is 1450. The van der Waals surface area contributed by atoms with Crippen molar-refractivity contribution in [2.24, 2.45) is 0 Å². The van der Waals surface area contributed by atoms with E-state index in [1.807, 2.05) is 6.08 Å². The molecule has 3 rings (SSSR count). The van der Waals surface area contributed by atoms with Gasteiger partial charge in [-0.15, -0.1) is 0 Å². The van der Waals surface area contributed by atoms with Crippen LogP contribution in [0.3, 0.4) is 0 Å². The minimum Gasteiger partial charge on any atom is -0.394 e. The minimum absolute atomic E-state index is 0.248. The second kappa shape index (κ2) is 41.5. The fourth-order valence-corrected chi connectivity index (χ4v) is 10.4. The summed E-state index contributed by atoms with van der Waals surface area (Å²) in [5.41, 5.74) is 0. The maximum atomic E-state index is 13.3. The summed E-state index contributed by atoms with van der Waals surface area (Å²) < 4.78 is 34.2. The molecular formula is C57H107NO18. The Morgan fingerprint density at radius 3 is 1.24 bits per heavy atom. The molecule has 0 radical (unpaired) electrons. The number of carbonyl (C=O) groups excluding carboxylic acids is 1. The zero-order valence-electron chi connectivity index (χ0n) is 46.5. The van der Waals surface area contributed by atoms with Gasteiger partial charge in [0, 0.05) is 6.42 Å². The molecule has 3 fully saturated rings. The maximum absolute atomic E-state index is 13.3. The molecule has 12 N–H and O–H groups in total. The normalized spacial score (nSPS) is 31.0. The molecule has 19 heteroatoms. The van der Waals surface area contributed by atoms with E-state index in [4.69, 9.17) is 28.4 Å². The minimum atomic E-state index is -1.97. The zero-order chi connectivity index (χ0) is 55.5. The number of allylic oxidation sites excluding steroid dienone is 1. The molecule has 3 heterocycles. The van der Waals surface area contributed by atoms with Crippen molar-refractivity contribution < 1.29 is 89.4 Å².